The number of hydrogen-bond acceptors (Lipinski definition) is 4. The summed E-state index contributed by atoms with van der Waals surface area (Å²) in [6.07, 6.45) is 1.22. The first-order chi connectivity index (χ1) is 16.1. The Bertz CT molecular complexity index is 1350. The third kappa shape index (κ3) is 4.42. The van der Waals surface area contributed by atoms with E-state index in [0.29, 0.717) is 17.0 Å². The third-order valence-electron chi connectivity index (χ3n) is 6.39. The molecule has 0 radical (unpaired) electrons. The zero-order chi connectivity index (χ0) is 24.7. The molecule has 34 heavy (non-hydrogen) atoms. The van der Waals surface area contributed by atoms with Crippen LogP contribution in [-0.2, 0) is 16.4 Å². The Labute approximate surface area is 196 Å². The number of nitrogens with one attached hydrogen (secondary N) is 1. The van der Waals surface area contributed by atoms with Gasteiger partial charge in [0.25, 0.3) is 0 Å². The van der Waals surface area contributed by atoms with E-state index in [1.165, 1.54) is 12.1 Å². The van der Waals surface area contributed by atoms with Crippen molar-refractivity contribution in [1.29, 1.82) is 5.26 Å². The summed E-state index contributed by atoms with van der Waals surface area (Å²) in [5, 5.41) is 10.9. The first-order valence-corrected chi connectivity index (χ1v) is 12.7. The maximum atomic E-state index is 12.8. The van der Waals surface area contributed by atoms with Crippen molar-refractivity contribution >= 4 is 20.9 Å². The Morgan fingerprint density at radius 3 is 2.50 bits per heavy atom. The van der Waals surface area contributed by atoms with Gasteiger partial charge >= 0.3 is 6.18 Å². The molecular formula is C24H25F3N4O2S. The lowest BCUT2D eigenvalue weighted by atomic mass is 10.1. The Balaban J connectivity index is 1.82. The number of benzene rings is 1. The fraction of sp³-hybridized carbons (Fsp3) is 0.417. The highest BCUT2D eigenvalue weighted by atomic mass is 32.2. The molecule has 10 heteroatoms. The zero-order valence-corrected chi connectivity index (χ0v) is 19.7. The van der Waals surface area contributed by atoms with Gasteiger partial charge in [0, 0.05) is 17.6 Å². The molecule has 1 saturated carbocycles. The Morgan fingerprint density at radius 1 is 1.24 bits per heavy atom. The van der Waals surface area contributed by atoms with Gasteiger partial charge < -0.3 is 4.57 Å². The molecular weight excluding hydrogens is 465 g/mol. The number of halogens is 3. The van der Waals surface area contributed by atoms with Crippen molar-refractivity contribution in [1.82, 2.24) is 14.3 Å². The van der Waals surface area contributed by atoms with Gasteiger partial charge in [-0.1, -0.05) is 25.8 Å². The van der Waals surface area contributed by atoms with Crippen molar-refractivity contribution in [3.63, 3.8) is 0 Å². The molecule has 1 aliphatic carbocycles. The van der Waals surface area contributed by atoms with Crippen LogP contribution < -0.4 is 4.72 Å². The molecule has 1 atom stereocenters. The summed E-state index contributed by atoms with van der Waals surface area (Å²) in [5.41, 5.74) is 3.50. The summed E-state index contributed by atoms with van der Waals surface area (Å²) in [6.45, 7) is 2.78. The number of sulfonamides is 1. The van der Waals surface area contributed by atoms with E-state index in [2.05, 4.69) is 15.6 Å². The van der Waals surface area contributed by atoms with Crippen molar-refractivity contribution in [2.24, 2.45) is 0 Å². The van der Waals surface area contributed by atoms with Crippen molar-refractivity contribution in [3.8, 4) is 17.5 Å². The minimum atomic E-state index is -4.71. The van der Waals surface area contributed by atoms with Crippen LogP contribution in [0.2, 0.25) is 0 Å². The fourth-order valence-corrected chi connectivity index (χ4v) is 5.71. The smallest absolute Gasteiger partial charge is 0.335 e. The van der Waals surface area contributed by atoms with Crippen LogP contribution in [0.5, 0.6) is 0 Å². The number of nitriles is 1. The molecule has 1 N–H and O–H groups in total. The summed E-state index contributed by atoms with van der Waals surface area (Å²) in [5.74, 6) is 0. The molecule has 1 aromatic carbocycles. The number of pyridine rings is 1. The molecule has 1 unspecified atom stereocenters. The molecule has 2 heterocycles. The number of alkyl halides is 3. The molecule has 2 aromatic heterocycles. The van der Waals surface area contributed by atoms with E-state index in [-0.39, 0.29) is 10.9 Å². The van der Waals surface area contributed by atoms with Gasteiger partial charge in [-0.05, 0) is 56.0 Å². The quantitative estimate of drug-likeness (QED) is 0.496. The first-order valence-electron chi connectivity index (χ1n) is 11.2. The van der Waals surface area contributed by atoms with Crippen molar-refractivity contribution in [2.75, 3.05) is 0 Å². The molecule has 180 valence electrons. The number of rotatable bonds is 6. The van der Waals surface area contributed by atoms with E-state index < -0.39 is 22.2 Å². The van der Waals surface area contributed by atoms with Crippen LogP contribution in [0.3, 0.4) is 0 Å². The van der Waals surface area contributed by atoms with Gasteiger partial charge in [-0.15, -0.1) is 0 Å². The van der Waals surface area contributed by atoms with Crippen molar-refractivity contribution in [2.45, 2.75) is 69.1 Å². The van der Waals surface area contributed by atoms with E-state index >= 15 is 0 Å². The highest BCUT2D eigenvalue weighted by Crippen LogP contribution is 2.41. The molecule has 0 aliphatic heterocycles. The van der Waals surface area contributed by atoms with E-state index in [1.54, 1.807) is 4.72 Å². The summed E-state index contributed by atoms with van der Waals surface area (Å²) < 4.78 is 67.1. The summed E-state index contributed by atoms with van der Waals surface area (Å²) in [6, 6.07) is 8.98. The number of fused-ring (bicyclic) bond motifs is 1. The topological polar surface area (TPSA) is 87.8 Å². The SMILES string of the molecule is CCc1ccc2c(c1)c(C#N)c(-c1ccc(S(=O)(=O)NC(C)C(F)(F)F)cn1)n2C1CCCC1. The predicted octanol–water partition coefficient (Wildman–Crippen LogP) is 5.48. The lowest BCUT2D eigenvalue weighted by molar-refractivity contribution is -0.147. The second kappa shape index (κ2) is 9.04. The maximum absolute atomic E-state index is 12.8. The Morgan fingerprint density at radius 2 is 1.94 bits per heavy atom. The van der Waals surface area contributed by atoms with Crippen LogP contribution in [0, 0.1) is 11.3 Å². The van der Waals surface area contributed by atoms with Gasteiger partial charge in [-0.25, -0.2) is 8.42 Å². The first kappa shape index (κ1) is 24.2. The van der Waals surface area contributed by atoms with Gasteiger partial charge in [0.05, 0.1) is 22.5 Å². The third-order valence-corrected chi connectivity index (χ3v) is 7.92. The van der Waals surface area contributed by atoms with Crippen molar-refractivity contribution in [3.05, 3.63) is 47.7 Å². The largest absolute Gasteiger partial charge is 0.404 e. The molecule has 0 saturated heterocycles. The second-order valence-electron chi connectivity index (χ2n) is 8.61. The molecule has 4 rings (SSSR count). The summed E-state index contributed by atoms with van der Waals surface area (Å²) in [7, 11) is -4.42. The number of hydrogen-bond donors (Lipinski definition) is 1. The van der Waals surface area contributed by atoms with Crippen LogP contribution in [0.4, 0.5) is 13.2 Å². The van der Waals surface area contributed by atoms with Crippen LogP contribution in [0.15, 0.2) is 41.4 Å². The van der Waals surface area contributed by atoms with Crippen molar-refractivity contribution < 1.29 is 21.6 Å². The molecule has 0 spiro atoms. The van der Waals surface area contributed by atoms with Gasteiger partial charge in [-0.3, -0.25) is 4.98 Å². The van der Waals surface area contributed by atoms with E-state index in [4.69, 9.17) is 0 Å². The molecule has 1 fully saturated rings. The minimum absolute atomic E-state index is 0.187. The predicted molar refractivity (Wildman–Crippen MR) is 123 cm³/mol. The maximum Gasteiger partial charge on any atom is 0.404 e. The van der Waals surface area contributed by atoms with Crippen LogP contribution in [-0.4, -0.2) is 30.2 Å². The second-order valence-corrected chi connectivity index (χ2v) is 10.3. The lowest BCUT2D eigenvalue weighted by Gasteiger charge is -2.19. The average Bonchev–Trinajstić information content (AvgIpc) is 3.43. The number of aromatic nitrogens is 2. The monoisotopic (exact) mass is 490 g/mol. The number of nitrogens with zero attached hydrogens (tertiary/aromatic N) is 3. The van der Waals surface area contributed by atoms with E-state index in [9.17, 15) is 26.9 Å². The Kier molecular flexibility index (Phi) is 6.44. The fourth-order valence-electron chi connectivity index (χ4n) is 4.54. The van der Waals surface area contributed by atoms with Crippen LogP contribution >= 0.6 is 0 Å². The Hall–Kier alpha value is -2.90. The van der Waals surface area contributed by atoms with E-state index in [1.807, 2.05) is 25.1 Å². The molecule has 1 aliphatic rings. The lowest BCUT2D eigenvalue weighted by Crippen LogP contribution is -2.42. The summed E-state index contributed by atoms with van der Waals surface area (Å²) >= 11 is 0. The van der Waals surface area contributed by atoms with E-state index in [0.717, 1.165) is 61.7 Å². The highest BCUT2D eigenvalue weighted by molar-refractivity contribution is 7.89. The number of aryl methyl sites for hydroxylation is 1. The average molecular weight is 491 g/mol. The van der Waals surface area contributed by atoms with Gasteiger partial charge in [0.1, 0.15) is 17.0 Å². The van der Waals surface area contributed by atoms with Crippen LogP contribution in [0.1, 0.15) is 56.7 Å². The molecule has 0 bridgehead atoms. The highest BCUT2D eigenvalue weighted by Gasteiger charge is 2.39. The molecule has 0 amide bonds. The van der Waals surface area contributed by atoms with Gasteiger partial charge in [0.2, 0.25) is 10.0 Å². The van der Waals surface area contributed by atoms with Gasteiger partial charge in [0.15, 0.2) is 0 Å². The van der Waals surface area contributed by atoms with Gasteiger partial charge in [-0.2, -0.15) is 23.2 Å². The molecule has 3 aromatic rings. The zero-order valence-electron chi connectivity index (χ0n) is 18.9. The van der Waals surface area contributed by atoms with Crippen LogP contribution in [0.25, 0.3) is 22.3 Å². The molecule has 6 nitrogen and oxygen atoms in total. The standard InChI is InChI=1S/C24H25F3N4O2S/c1-3-16-8-11-22-19(12-16)20(13-28)23(31(22)17-6-4-5-7-17)21-10-9-18(14-29-21)34(32,33)30-15(2)24(25,26)27/h8-12,14-15,17,30H,3-7H2,1-2H3. The normalized spacial score (nSPS) is 16.1. The summed E-state index contributed by atoms with van der Waals surface area (Å²) in [4.78, 5) is 3.92. The minimum Gasteiger partial charge on any atom is -0.335 e.